The molecule has 5 nitrogen and oxygen atoms in total. The maximum Gasteiger partial charge on any atom is 0.194 e. The summed E-state index contributed by atoms with van der Waals surface area (Å²) in [4.78, 5) is 10.9. The minimum absolute atomic E-state index is 0. The van der Waals surface area contributed by atoms with Crippen LogP contribution in [0.3, 0.4) is 0 Å². The number of pyridine rings is 1. The first-order valence-corrected chi connectivity index (χ1v) is 8.46. The van der Waals surface area contributed by atoms with Gasteiger partial charge in [0.2, 0.25) is 0 Å². The van der Waals surface area contributed by atoms with Crippen LogP contribution in [0.15, 0.2) is 53.8 Å². The molecule has 0 radical (unpaired) electrons. The zero-order valence-corrected chi connectivity index (χ0v) is 16.8. The smallest absolute Gasteiger partial charge is 0.194 e. The Bertz CT molecular complexity index is 693. The summed E-state index contributed by atoms with van der Waals surface area (Å²) in [7, 11) is 0. The second-order valence-corrected chi connectivity index (χ2v) is 5.93. The van der Waals surface area contributed by atoms with Gasteiger partial charge in [0.1, 0.15) is 0 Å². The number of aromatic nitrogens is 1. The Morgan fingerprint density at radius 3 is 2.68 bits per heavy atom. The molecule has 0 fully saturated rings. The van der Waals surface area contributed by atoms with Crippen molar-refractivity contribution in [2.24, 2.45) is 4.99 Å². The minimum Gasteiger partial charge on any atom is -0.386 e. The van der Waals surface area contributed by atoms with Gasteiger partial charge >= 0.3 is 0 Å². The number of aliphatic hydroxyl groups excluding tert-OH is 1. The molecule has 3 rings (SSSR count). The third kappa shape index (κ3) is 5.15. The second-order valence-electron chi connectivity index (χ2n) is 5.93. The van der Waals surface area contributed by atoms with E-state index in [-0.39, 0.29) is 24.0 Å². The molecule has 0 bridgehead atoms. The highest BCUT2D eigenvalue weighted by Gasteiger charge is 2.19. The van der Waals surface area contributed by atoms with E-state index >= 15 is 0 Å². The van der Waals surface area contributed by atoms with Crippen LogP contribution in [0.2, 0.25) is 0 Å². The Morgan fingerprint density at radius 2 is 1.96 bits per heavy atom. The topological polar surface area (TPSA) is 60.8 Å². The van der Waals surface area contributed by atoms with Crippen molar-refractivity contribution in [3.8, 4) is 0 Å². The number of aliphatic hydroxyl groups is 1. The summed E-state index contributed by atoms with van der Waals surface area (Å²) in [5.41, 5.74) is 3.61. The first-order chi connectivity index (χ1) is 11.8. The standard InChI is InChI=1S/C19H24N4O.HI/c1-2-21-19(22-13-18(24)16-7-10-20-11-8-16)23-12-9-15-5-3-4-6-17(15)14-23;/h3-8,10-11,18,24H,2,9,12-14H2,1H3,(H,21,22);1H. The summed E-state index contributed by atoms with van der Waals surface area (Å²) in [6.07, 6.45) is 3.79. The highest BCUT2D eigenvalue weighted by molar-refractivity contribution is 14.0. The van der Waals surface area contributed by atoms with Gasteiger partial charge in [-0.3, -0.25) is 9.98 Å². The maximum absolute atomic E-state index is 10.3. The second kappa shape index (κ2) is 9.72. The van der Waals surface area contributed by atoms with Crippen molar-refractivity contribution in [1.82, 2.24) is 15.2 Å². The number of guanidine groups is 1. The normalized spacial score (nSPS) is 15.1. The van der Waals surface area contributed by atoms with Gasteiger partial charge in [-0.1, -0.05) is 24.3 Å². The quantitative estimate of drug-likeness (QED) is 0.426. The number of nitrogens with one attached hydrogen (secondary N) is 1. The minimum atomic E-state index is -0.612. The van der Waals surface area contributed by atoms with E-state index in [1.807, 2.05) is 12.1 Å². The first-order valence-electron chi connectivity index (χ1n) is 8.46. The van der Waals surface area contributed by atoms with Crippen LogP contribution in [-0.2, 0) is 13.0 Å². The average molecular weight is 452 g/mol. The van der Waals surface area contributed by atoms with E-state index < -0.39 is 6.10 Å². The SMILES string of the molecule is CCNC(=NCC(O)c1ccncc1)N1CCc2ccccc2C1.I. The lowest BCUT2D eigenvalue weighted by atomic mass is 10.0. The third-order valence-corrected chi connectivity index (χ3v) is 4.27. The highest BCUT2D eigenvalue weighted by Crippen LogP contribution is 2.19. The van der Waals surface area contributed by atoms with E-state index in [0.717, 1.165) is 37.6 Å². The van der Waals surface area contributed by atoms with Crippen molar-refractivity contribution in [2.75, 3.05) is 19.6 Å². The molecule has 25 heavy (non-hydrogen) atoms. The van der Waals surface area contributed by atoms with E-state index in [0.29, 0.717) is 6.54 Å². The first kappa shape index (κ1) is 19.7. The lowest BCUT2D eigenvalue weighted by Gasteiger charge is -2.31. The van der Waals surface area contributed by atoms with Crippen LogP contribution >= 0.6 is 24.0 Å². The fourth-order valence-electron chi connectivity index (χ4n) is 2.97. The number of hydrogen-bond acceptors (Lipinski definition) is 3. The van der Waals surface area contributed by atoms with Crippen LogP contribution in [-0.4, -0.2) is 40.6 Å². The maximum atomic E-state index is 10.3. The fraction of sp³-hybridized carbons (Fsp3) is 0.368. The van der Waals surface area contributed by atoms with Crippen LogP contribution < -0.4 is 5.32 Å². The molecule has 0 aliphatic carbocycles. The van der Waals surface area contributed by atoms with E-state index in [4.69, 9.17) is 0 Å². The number of halogens is 1. The van der Waals surface area contributed by atoms with Crippen LogP contribution in [0.5, 0.6) is 0 Å². The molecule has 1 atom stereocenters. The van der Waals surface area contributed by atoms with E-state index in [2.05, 4.69) is 51.4 Å². The van der Waals surface area contributed by atoms with Crippen molar-refractivity contribution in [1.29, 1.82) is 0 Å². The van der Waals surface area contributed by atoms with Crippen molar-refractivity contribution < 1.29 is 5.11 Å². The van der Waals surface area contributed by atoms with Gasteiger partial charge in [-0.15, -0.1) is 24.0 Å². The predicted molar refractivity (Wildman–Crippen MR) is 111 cm³/mol. The Morgan fingerprint density at radius 1 is 1.24 bits per heavy atom. The Kier molecular flexibility index (Phi) is 7.64. The van der Waals surface area contributed by atoms with Gasteiger partial charge in [-0.05, 0) is 42.2 Å². The molecule has 2 N–H and O–H groups in total. The summed E-state index contributed by atoms with van der Waals surface area (Å²) < 4.78 is 0. The highest BCUT2D eigenvalue weighted by atomic mass is 127. The van der Waals surface area contributed by atoms with Gasteiger partial charge in [-0.25, -0.2) is 0 Å². The molecule has 0 saturated carbocycles. The Balaban J connectivity index is 0.00000225. The monoisotopic (exact) mass is 452 g/mol. The molecular weight excluding hydrogens is 427 g/mol. The Labute approximate surface area is 166 Å². The molecule has 134 valence electrons. The largest absolute Gasteiger partial charge is 0.386 e. The van der Waals surface area contributed by atoms with Crippen LogP contribution in [0, 0.1) is 0 Å². The van der Waals surface area contributed by atoms with Gasteiger partial charge in [0.15, 0.2) is 5.96 Å². The zero-order valence-electron chi connectivity index (χ0n) is 14.4. The summed E-state index contributed by atoms with van der Waals surface area (Å²) in [6, 6.07) is 12.2. The number of benzene rings is 1. The molecule has 2 heterocycles. The lowest BCUT2D eigenvalue weighted by molar-refractivity contribution is 0.186. The van der Waals surface area contributed by atoms with Gasteiger partial charge in [0.05, 0.1) is 12.6 Å². The van der Waals surface area contributed by atoms with Crippen LogP contribution in [0.25, 0.3) is 0 Å². The van der Waals surface area contributed by atoms with Crippen LogP contribution in [0.4, 0.5) is 0 Å². The number of hydrogen-bond donors (Lipinski definition) is 2. The van der Waals surface area contributed by atoms with E-state index in [9.17, 15) is 5.11 Å². The molecule has 2 aromatic rings. The van der Waals surface area contributed by atoms with Gasteiger partial charge < -0.3 is 15.3 Å². The van der Waals surface area contributed by atoms with Crippen molar-refractivity contribution >= 4 is 29.9 Å². The summed E-state index contributed by atoms with van der Waals surface area (Å²) >= 11 is 0. The third-order valence-electron chi connectivity index (χ3n) is 4.27. The van der Waals surface area contributed by atoms with E-state index in [1.54, 1.807) is 12.4 Å². The van der Waals surface area contributed by atoms with Gasteiger partial charge in [-0.2, -0.15) is 0 Å². The van der Waals surface area contributed by atoms with Crippen molar-refractivity contribution in [3.63, 3.8) is 0 Å². The Hall–Kier alpha value is -1.67. The molecule has 0 spiro atoms. The molecule has 0 amide bonds. The fourth-order valence-corrected chi connectivity index (χ4v) is 2.97. The molecule has 1 aromatic carbocycles. The molecule has 1 aliphatic heterocycles. The van der Waals surface area contributed by atoms with Gasteiger partial charge in [0, 0.05) is 32.0 Å². The lowest BCUT2D eigenvalue weighted by Crippen LogP contribution is -2.44. The number of aliphatic imine (C=N–C) groups is 1. The van der Waals surface area contributed by atoms with E-state index in [1.165, 1.54) is 11.1 Å². The summed E-state index contributed by atoms with van der Waals surface area (Å²) in [6.45, 7) is 5.00. The van der Waals surface area contributed by atoms with Crippen molar-refractivity contribution in [3.05, 3.63) is 65.5 Å². The number of nitrogens with zero attached hydrogens (tertiary/aromatic N) is 3. The number of rotatable bonds is 4. The van der Waals surface area contributed by atoms with Gasteiger partial charge in [0.25, 0.3) is 0 Å². The summed E-state index contributed by atoms with van der Waals surface area (Å²) in [5, 5.41) is 13.7. The molecule has 0 saturated heterocycles. The number of fused-ring (bicyclic) bond motifs is 1. The summed E-state index contributed by atoms with van der Waals surface area (Å²) in [5.74, 6) is 0.861. The molecule has 1 aliphatic rings. The van der Waals surface area contributed by atoms with Crippen molar-refractivity contribution in [2.45, 2.75) is 26.0 Å². The molecule has 6 heteroatoms. The predicted octanol–water partition coefficient (Wildman–Crippen LogP) is 2.76. The molecule has 1 aromatic heterocycles. The molecule has 1 unspecified atom stereocenters. The molecular formula is C19H25IN4O. The van der Waals surface area contributed by atoms with Crippen LogP contribution in [0.1, 0.15) is 29.7 Å². The zero-order chi connectivity index (χ0) is 16.8. The average Bonchev–Trinajstić information content (AvgIpc) is 2.65.